The molecule has 0 spiro atoms. The molecule has 1 N–H and O–H groups in total. The summed E-state index contributed by atoms with van der Waals surface area (Å²) in [4.78, 5) is 16.0. The minimum absolute atomic E-state index is 0.00399. The van der Waals surface area contributed by atoms with Crippen LogP contribution in [0.25, 0.3) is 6.08 Å². The van der Waals surface area contributed by atoms with Crippen molar-refractivity contribution in [2.75, 3.05) is 0 Å². The van der Waals surface area contributed by atoms with Gasteiger partial charge in [0.2, 0.25) is 0 Å². The third-order valence-corrected chi connectivity index (χ3v) is 2.73. The fourth-order valence-corrected chi connectivity index (χ4v) is 1.65. The molecule has 0 fully saturated rings. The maximum atomic E-state index is 12.0. The van der Waals surface area contributed by atoms with Crippen LogP contribution < -0.4 is 5.32 Å². The van der Waals surface area contributed by atoms with Gasteiger partial charge in [0, 0.05) is 18.5 Å². The first-order chi connectivity index (χ1) is 9.70. The van der Waals surface area contributed by atoms with E-state index >= 15 is 0 Å². The standard InChI is InChI=1S/C15H13N3O2/c1-11(12-4-2-6-17-10-12)18-15(19)13(9-16)8-14-5-3-7-20-14/h2-8,10-11H,1H3,(H,18,19)/b13-8+/t11-/m1/s1. The van der Waals surface area contributed by atoms with Gasteiger partial charge in [-0.2, -0.15) is 5.26 Å². The predicted octanol–water partition coefficient (Wildman–Crippen LogP) is 2.46. The normalized spacial score (nSPS) is 12.5. The van der Waals surface area contributed by atoms with Crippen LogP contribution in [0.1, 0.15) is 24.3 Å². The molecular weight excluding hydrogens is 254 g/mol. The molecule has 0 unspecified atom stereocenters. The quantitative estimate of drug-likeness (QED) is 0.681. The third-order valence-electron chi connectivity index (χ3n) is 2.73. The molecule has 100 valence electrons. The second kappa shape index (κ2) is 6.34. The minimum Gasteiger partial charge on any atom is -0.465 e. The van der Waals surface area contributed by atoms with E-state index in [2.05, 4.69) is 10.3 Å². The molecule has 5 nitrogen and oxygen atoms in total. The Morgan fingerprint density at radius 2 is 2.35 bits per heavy atom. The maximum Gasteiger partial charge on any atom is 0.262 e. The van der Waals surface area contributed by atoms with E-state index in [1.807, 2.05) is 19.1 Å². The van der Waals surface area contributed by atoms with Crippen LogP contribution >= 0.6 is 0 Å². The van der Waals surface area contributed by atoms with Crippen LogP contribution in [-0.4, -0.2) is 10.9 Å². The molecule has 0 aliphatic rings. The van der Waals surface area contributed by atoms with E-state index < -0.39 is 5.91 Å². The van der Waals surface area contributed by atoms with E-state index in [-0.39, 0.29) is 11.6 Å². The zero-order chi connectivity index (χ0) is 14.4. The Labute approximate surface area is 116 Å². The molecule has 20 heavy (non-hydrogen) atoms. The van der Waals surface area contributed by atoms with Gasteiger partial charge in [-0.25, -0.2) is 0 Å². The summed E-state index contributed by atoms with van der Waals surface area (Å²) in [5, 5.41) is 11.8. The molecule has 2 rings (SSSR count). The highest BCUT2D eigenvalue weighted by Crippen LogP contribution is 2.12. The van der Waals surface area contributed by atoms with E-state index in [4.69, 9.17) is 9.68 Å². The van der Waals surface area contributed by atoms with Gasteiger partial charge in [-0.05, 0) is 30.7 Å². The van der Waals surface area contributed by atoms with E-state index in [1.165, 1.54) is 12.3 Å². The van der Waals surface area contributed by atoms with Crippen LogP contribution in [0, 0.1) is 11.3 Å². The largest absolute Gasteiger partial charge is 0.465 e. The summed E-state index contributed by atoms with van der Waals surface area (Å²) < 4.78 is 5.09. The molecule has 1 amide bonds. The van der Waals surface area contributed by atoms with Crippen molar-refractivity contribution in [3.63, 3.8) is 0 Å². The lowest BCUT2D eigenvalue weighted by Crippen LogP contribution is -2.27. The highest BCUT2D eigenvalue weighted by molar-refractivity contribution is 6.01. The van der Waals surface area contributed by atoms with Crippen molar-refractivity contribution in [1.29, 1.82) is 5.26 Å². The molecule has 0 aromatic carbocycles. The van der Waals surface area contributed by atoms with Crippen molar-refractivity contribution in [2.24, 2.45) is 0 Å². The van der Waals surface area contributed by atoms with Crippen LogP contribution in [-0.2, 0) is 4.79 Å². The predicted molar refractivity (Wildman–Crippen MR) is 73.1 cm³/mol. The van der Waals surface area contributed by atoms with E-state index in [0.29, 0.717) is 5.76 Å². The van der Waals surface area contributed by atoms with Crippen LogP contribution in [0.4, 0.5) is 0 Å². The van der Waals surface area contributed by atoms with Crippen LogP contribution in [0.15, 0.2) is 52.9 Å². The number of pyridine rings is 1. The zero-order valence-corrected chi connectivity index (χ0v) is 10.9. The average Bonchev–Trinajstić information content (AvgIpc) is 2.98. The fourth-order valence-electron chi connectivity index (χ4n) is 1.65. The van der Waals surface area contributed by atoms with Crippen molar-refractivity contribution in [3.8, 4) is 6.07 Å². The number of amides is 1. The van der Waals surface area contributed by atoms with Crippen molar-refractivity contribution >= 4 is 12.0 Å². The SMILES string of the molecule is C[C@@H](NC(=O)/C(C#N)=C/c1ccco1)c1cccnc1. The Morgan fingerprint density at radius 1 is 1.50 bits per heavy atom. The summed E-state index contributed by atoms with van der Waals surface area (Å²) >= 11 is 0. The number of nitriles is 1. The summed E-state index contributed by atoms with van der Waals surface area (Å²) in [6.07, 6.45) is 6.23. The van der Waals surface area contributed by atoms with Gasteiger partial charge < -0.3 is 9.73 Å². The highest BCUT2D eigenvalue weighted by atomic mass is 16.3. The first kappa shape index (κ1) is 13.6. The average molecular weight is 267 g/mol. The molecule has 2 heterocycles. The molecule has 5 heteroatoms. The monoisotopic (exact) mass is 267 g/mol. The Morgan fingerprint density at radius 3 is 2.95 bits per heavy atom. The second-order valence-corrected chi connectivity index (χ2v) is 4.17. The van der Waals surface area contributed by atoms with Crippen LogP contribution in [0.5, 0.6) is 0 Å². The van der Waals surface area contributed by atoms with Crippen LogP contribution in [0.3, 0.4) is 0 Å². The van der Waals surface area contributed by atoms with Gasteiger partial charge >= 0.3 is 0 Å². The van der Waals surface area contributed by atoms with Gasteiger partial charge in [0.1, 0.15) is 17.4 Å². The second-order valence-electron chi connectivity index (χ2n) is 4.17. The van der Waals surface area contributed by atoms with E-state index in [0.717, 1.165) is 5.56 Å². The first-order valence-corrected chi connectivity index (χ1v) is 6.07. The molecule has 2 aromatic rings. The smallest absolute Gasteiger partial charge is 0.262 e. The molecule has 2 aromatic heterocycles. The van der Waals surface area contributed by atoms with Gasteiger partial charge in [0.25, 0.3) is 5.91 Å². The number of nitrogens with zero attached hydrogens (tertiary/aromatic N) is 2. The van der Waals surface area contributed by atoms with Gasteiger partial charge in [0.15, 0.2) is 0 Å². The number of carbonyl (C=O) groups is 1. The van der Waals surface area contributed by atoms with Gasteiger partial charge in [-0.3, -0.25) is 9.78 Å². The molecule has 0 bridgehead atoms. The summed E-state index contributed by atoms with van der Waals surface area (Å²) in [7, 11) is 0. The molecule has 1 atom stereocenters. The Kier molecular flexibility index (Phi) is 4.30. The summed E-state index contributed by atoms with van der Waals surface area (Å²) in [5.41, 5.74) is 0.867. The lowest BCUT2D eigenvalue weighted by atomic mass is 10.1. The number of hydrogen-bond acceptors (Lipinski definition) is 4. The van der Waals surface area contributed by atoms with E-state index in [1.54, 1.807) is 30.6 Å². The van der Waals surface area contributed by atoms with Crippen molar-refractivity contribution in [2.45, 2.75) is 13.0 Å². The Bertz CT molecular complexity index is 640. The number of aromatic nitrogens is 1. The maximum absolute atomic E-state index is 12.0. The molecule has 0 aliphatic heterocycles. The van der Waals surface area contributed by atoms with Crippen molar-refractivity contribution < 1.29 is 9.21 Å². The zero-order valence-electron chi connectivity index (χ0n) is 10.9. The van der Waals surface area contributed by atoms with Crippen molar-refractivity contribution in [1.82, 2.24) is 10.3 Å². The topological polar surface area (TPSA) is 78.9 Å². The Balaban J connectivity index is 2.09. The lowest BCUT2D eigenvalue weighted by Gasteiger charge is -2.13. The summed E-state index contributed by atoms with van der Waals surface area (Å²) in [6, 6.07) is 8.66. The fraction of sp³-hybridized carbons (Fsp3) is 0.133. The number of nitrogens with one attached hydrogen (secondary N) is 1. The van der Waals surface area contributed by atoms with Gasteiger partial charge in [0.05, 0.1) is 12.3 Å². The molecule has 0 aliphatic carbocycles. The Hall–Kier alpha value is -2.87. The molecular formula is C15H13N3O2. The van der Waals surface area contributed by atoms with Gasteiger partial charge in [-0.1, -0.05) is 6.07 Å². The number of furan rings is 1. The first-order valence-electron chi connectivity index (χ1n) is 6.07. The van der Waals surface area contributed by atoms with E-state index in [9.17, 15) is 4.79 Å². The van der Waals surface area contributed by atoms with Crippen LogP contribution in [0.2, 0.25) is 0 Å². The van der Waals surface area contributed by atoms with Crippen molar-refractivity contribution in [3.05, 3.63) is 59.8 Å². The molecule has 0 saturated carbocycles. The summed E-state index contributed by atoms with van der Waals surface area (Å²) in [6.45, 7) is 1.83. The molecule has 0 saturated heterocycles. The number of rotatable bonds is 4. The molecule has 0 radical (unpaired) electrons. The van der Waals surface area contributed by atoms with Gasteiger partial charge in [-0.15, -0.1) is 0 Å². The highest BCUT2D eigenvalue weighted by Gasteiger charge is 2.14. The number of carbonyl (C=O) groups excluding carboxylic acids is 1. The minimum atomic E-state index is -0.444. The summed E-state index contributed by atoms with van der Waals surface area (Å²) in [5.74, 6) is 0.0194. The third kappa shape index (κ3) is 3.33. The lowest BCUT2D eigenvalue weighted by molar-refractivity contribution is -0.117. The number of hydrogen-bond donors (Lipinski definition) is 1.